The van der Waals surface area contributed by atoms with Crippen molar-refractivity contribution < 1.29 is 14.3 Å². The number of carbonyl (C=O) groups is 1. The van der Waals surface area contributed by atoms with E-state index in [1.165, 1.54) is 22.7 Å². The van der Waals surface area contributed by atoms with Gasteiger partial charge < -0.3 is 9.47 Å². The molecule has 8 heteroatoms. The molecule has 3 heterocycles. The van der Waals surface area contributed by atoms with Crippen LogP contribution in [-0.4, -0.2) is 42.2 Å². The minimum absolute atomic E-state index is 0.0391. The topological polar surface area (TPSA) is 64.6 Å². The van der Waals surface area contributed by atoms with Crippen LogP contribution in [-0.2, 0) is 4.74 Å². The first-order valence-electron chi connectivity index (χ1n) is 8.88. The third-order valence-corrected chi connectivity index (χ3v) is 6.68. The highest BCUT2D eigenvalue weighted by Crippen LogP contribution is 2.35. The Morgan fingerprint density at radius 3 is 2.85 bits per heavy atom. The number of nitrogens with zero attached hydrogens (tertiary/aromatic N) is 3. The van der Waals surface area contributed by atoms with Gasteiger partial charge in [0.05, 0.1) is 35.2 Å². The van der Waals surface area contributed by atoms with Crippen LogP contribution < -0.4 is 9.64 Å². The maximum atomic E-state index is 13.4. The highest BCUT2D eigenvalue weighted by Gasteiger charge is 2.29. The standard InChI is InChI=1S/C19H21N3O3S2/c1-11-17(26-12(2)20-11)18(23)22(10-13-6-5-9-25-13)19-21-16-14(24-3)7-4-8-15(16)27-19/h4,7-8,13H,5-6,9-10H2,1-3H3. The first-order chi connectivity index (χ1) is 13.1. The van der Waals surface area contributed by atoms with Crippen LogP contribution in [0.1, 0.15) is 33.2 Å². The second-order valence-electron chi connectivity index (χ2n) is 6.50. The molecule has 1 aliphatic rings. The summed E-state index contributed by atoms with van der Waals surface area (Å²) in [5.74, 6) is 0.649. The average molecular weight is 404 g/mol. The lowest BCUT2D eigenvalue weighted by Gasteiger charge is -2.22. The smallest absolute Gasteiger partial charge is 0.272 e. The number of ether oxygens (including phenoxy) is 2. The van der Waals surface area contributed by atoms with Crippen molar-refractivity contribution in [3.8, 4) is 5.75 Å². The van der Waals surface area contributed by atoms with Gasteiger partial charge in [-0.15, -0.1) is 11.3 Å². The molecule has 0 saturated carbocycles. The zero-order valence-electron chi connectivity index (χ0n) is 15.5. The van der Waals surface area contributed by atoms with Gasteiger partial charge in [0.25, 0.3) is 5.91 Å². The van der Waals surface area contributed by atoms with Gasteiger partial charge in [-0.1, -0.05) is 17.4 Å². The number of methoxy groups -OCH3 is 1. The highest BCUT2D eigenvalue weighted by atomic mass is 32.1. The molecule has 1 saturated heterocycles. The molecule has 142 valence electrons. The van der Waals surface area contributed by atoms with Crippen molar-refractivity contribution in [2.75, 3.05) is 25.2 Å². The molecule has 1 aromatic carbocycles. The summed E-state index contributed by atoms with van der Waals surface area (Å²) < 4.78 is 12.2. The van der Waals surface area contributed by atoms with Gasteiger partial charge in [0.2, 0.25) is 0 Å². The van der Waals surface area contributed by atoms with E-state index < -0.39 is 0 Å². The van der Waals surface area contributed by atoms with E-state index in [4.69, 9.17) is 14.5 Å². The Hall–Kier alpha value is -2.03. The van der Waals surface area contributed by atoms with Crippen LogP contribution in [0, 0.1) is 13.8 Å². The van der Waals surface area contributed by atoms with Crippen molar-refractivity contribution in [3.63, 3.8) is 0 Å². The van der Waals surface area contributed by atoms with Crippen LogP contribution in [0.15, 0.2) is 18.2 Å². The Balaban J connectivity index is 1.75. The van der Waals surface area contributed by atoms with Gasteiger partial charge >= 0.3 is 0 Å². The van der Waals surface area contributed by atoms with Crippen molar-refractivity contribution in [2.45, 2.75) is 32.8 Å². The fourth-order valence-corrected chi connectivity index (χ4v) is 5.14. The number of hydrogen-bond acceptors (Lipinski definition) is 7. The Labute approximate surface area is 165 Å². The van der Waals surface area contributed by atoms with E-state index >= 15 is 0 Å². The molecule has 0 radical (unpaired) electrons. The highest BCUT2D eigenvalue weighted by molar-refractivity contribution is 7.22. The van der Waals surface area contributed by atoms with E-state index in [1.54, 1.807) is 12.0 Å². The van der Waals surface area contributed by atoms with Gasteiger partial charge in [-0.25, -0.2) is 9.97 Å². The number of rotatable bonds is 5. The monoisotopic (exact) mass is 403 g/mol. The molecular weight excluding hydrogens is 382 g/mol. The summed E-state index contributed by atoms with van der Waals surface area (Å²) in [5.41, 5.74) is 1.54. The second kappa shape index (κ2) is 7.53. The van der Waals surface area contributed by atoms with Gasteiger partial charge in [-0.2, -0.15) is 0 Å². The van der Waals surface area contributed by atoms with Crippen molar-refractivity contribution in [1.29, 1.82) is 0 Å². The third kappa shape index (κ3) is 3.56. The molecule has 0 aliphatic carbocycles. The quantitative estimate of drug-likeness (QED) is 0.639. The van der Waals surface area contributed by atoms with Crippen molar-refractivity contribution in [2.24, 2.45) is 0 Å². The SMILES string of the molecule is COc1cccc2sc(N(CC3CCCO3)C(=O)c3sc(C)nc3C)nc12. The Kier molecular flexibility index (Phi) is 5.12. The average Bonchev–Trinajstić information content (AvgIpc) is 3.38. The number of hydrogen-bond donors (Lipinski definition) is 0. The molecule has 1 amide bonds. The number of para-hydroxylation sites is 1. The molecule has 1 unspecified atom stereocenters. The van der Waals surface area contributed by atoms with Crippen LogP contribution in [0.2, 0.25) is 0 Å². The summed E-state index contributed by atoms with van der Waals surface area (Å²) >= 11 is 2.92. The minimum atomic E-state index is -0.0633. The van der Waals surface area contributed by atoms with Gasteiger partial charge in [0.1, 0.15) is 16.1 Å². The molecule has 6 nitrogen and oxygen atoms in total. The van der Waals surface area contributed by atoms with E-state index in [2.05, 4.69) is 4.98 Å². The van der Waals surface area contributed by atoms with Crippen molar-refractivity contribution in [1.82, 2.24) is 9.97 Å². The molecule has 0 N–H and O–H groups in total. The molecule has 0 bridgehead atoms. The maximum Gasteiger partial charge on any atom is 0.272 e. The zero-order valence-corrected chi connectivity index (χ0v) is 17.2. The Morgan fingerprint density at radius 1 is 1.33 bits per heavy atom. The summed E-state index contributed by atoms with van der Waals surface area (Å²) in [5, 5.41) is 1.55. The largest absolute Gasteiger partial charge is 0.494 e. The normalized spacial score (nSPS) is 16.8. The summed E-state index contributed by atoms with van der Waals surface area (Å²) in [7, 11) is 1.63. The molecule has 1 fully saturated rings. The number of fused-ring (bicyclic) bond motifs is 1. The molecule has 1 aliphatic heterocycles. The van der Waals surface area contributed by atoms with Gasteiger partial charge in [0, 0.05) is 6.61 Å². The van der Waals surface area contributed by atoms with Crippen molar-refractivity contribution >= 4 is 43.9 Å². The van der Waals surface area contributed by atoms with Gasteiger partial charge in [-0.3, -0.25) is 9.69 Å². The van der Waals surface area contributed by atoms with Gasteiger partial charge in [-0.05, 0) is 38.8 Å². The predicted molar refractivity (Wildman–Crippen MR) is 108 cm³/mol. The molecule has 2 aromatic heterocycles. The molecule has 1 atom stereocenters. The molecule has 4 rings (SSSR count). The van der Waals surface area contributed by atoms with E-state index in [1.807, 2.05) is 32.0 Å². The van der Waals surface area contributed by atoms with E-state index in [-0.39, 0.29) is 12.0 Å². The Morgan fingerprint density at radius 2 is 2.19 bits per heavy atom. The number of thiazole rings is 2. The summed E-state index contributed by atoms with van der Waals surface area (Å²) in [6, 6.07) is 5.82. The lowest BCUT2D eigenvalue weighted by atomic mass is 10.2. The van der Waals surface area contributed by atoms with Crippen LogP contribution in [0.4, 0.5) is 5.13 Å². The van der Waals surface area contributed by atoms with Crippen LogP contribution in [0.3, 0.4) is 0 Å². The zero-order chi connectivity index (χ0) is 19.0. The van der Waals surface area contributed by atoms with E-state index in [9.17, 15) is 4.79 Å². The number of aromatic nitrogens is 2. The van der Waals surface area contributed by atoms with Crippen molar-refractivity contribution in [3.05, 3.63) is 33.8 Å². The summed E-state index contributed by atoms with van der Waals surface area (Å²) in [6.45, 7) is 5.04. The minimum Gasteiger partial charge on any atom is -0.494 e. The number of anilines is 1. The van der Waals surface area contributed by atoms with Crippen LogP contribution in [0.5, 0.6) is 5.75 Å². The first-order valence-corrected chi connectivity index (χ1v) is 10.5. The molecule has 27 heavy (non-hydrogen) atoms. The van der Waals surface area contributed by atoms with E-state index in [0.717, 1.165) is 40.4 Å². The maximum absolute atomic E-state index is 13.4. The second-order valence-corrected chi connectivity index (χ2v) is 8.71. The molecule has 3 aromatic rings. The predicted octanol–water partition coefficient (Wildman–Crippen LogP) is 4.20. The number of benzene rings is 1. The number of aryl methyl sites for hydroxylation is 2. The fraction of sp³-hybridized carbons (Fsp3) is 0.421. The first kappa shape index (κ1) is 18.3. The molecular formula is C19H21N3O3S2. The fourth-order valence-electron chi connectivity index (χ4n) is 3.28. The van der Waals surface area contributed by atoms with Crippen LogP contribution >= 0.6 is 22.7 Å². The summed E-state index contributed by atoms with van der Waals surface area (Å²) in [4.78, 5) is 24.9. The molecule has 0 spiro atoms. The summed E-state index contributed by atoms with van der Waals surface area (Å²) in [6.07, 6.45) is 2.02. The lowest BCUT2D eigenvalue weighted by Crippen LogP contribution is -2.37. The number of carbonyl (C=O) groups excluding carboxylic acids is 1. The Bertz CT molecular complexity index is 976. The van der Waals surface area contributed by atoms with Crippen LogP contribution in [0.25, 0.3) is 10.2 Å². The van der Waals surface area contributed by atoms with E-state index in [0.29, 0.717) is 22.3 Å². The number of amides is 1. The lowest BCUT2D eigenvalue weighted by molar-refractivity contribution is 0.0920. The third-order valence-electron chi connectivity index (χ3n) is 4.57. The van der Waals surface area contributed by atoms with Gasteiger partial charge in [0.15, 0.2) is 5.13 Å².